The van der Waals surface area contributed by atoms with Gasteiger partial charge in [-0.05, 0) is 48.4 Å². The Kier molecular flexibility index (Phi) is 5.99. The Balaban J connectivity index is 1.83. The van der Waals surface area contributed by atoms with E-state index in [0.717, 1.165) is 5.52 Å². The third-order valence-corrected chi connectivity index (χ3v) is 4.50. The van der Waals surface area contributed by atoms with Crippen LogP contribution in [-0.2, 0) is 17.8 Å². The van der Waals surface area contributed by atoms with Crippen molar-refractivity contribution < 1.29 is 9.90 Å². The molecule has 0 saturated heterocycles. The summed E-state index contributed by atoms with van der Waals surface area (Å²) in [5, 5.41) is 12.6. The minimum absolute atomic E-state index is 0.122. The Morgan fingerprint density at radius 3 is 2.61 bits per heavy atom. The van der Waals surface area contributed by atoms with E-state index in [9.17, 15) is 14.7 Å². The number of fused-ring (bicyclic) bond motifs is 1. The lowest BCUT2D eigenvalue weighted by Gasteiger charge is -2.14. The fraction of sp³-hybridized carbons (Fsp3) is 0.286. The fourth-order valence-corrected chi connectivity index (χ4v) is 3.15. The Hall–Kier alpha value is -2.86. The smallest absolute Gasteiger partial charge is 0.272 e. The van der Waals surface area contributed by atoms with Crippen LogP contribution < -0.4 is 10.9 Å². The second-order valence-corrected chi connectivity index (χ2v) is 7.53. The number of benzene rings is 2. The largest absolute Gasteiger partial charge is 0.508 e. The Morgan fingerprint density at radius 1 is 1.21 bits per heavy atom. The number of aryl methyl sites for hydroxylation is 1. The van der Waals surface area contributed by atoms with Gasteiger partial charge in [-0.2, -0.15) is 0 Å². The van der Waals surface area contributed by atoms with Crippen LogP contribution >= 0.6 is 11.6 Å². The molecule has 0 fully saturated rings. The van der Waals surface area contributed by atoms with Gasteiger partial charge in [0.25, 0.3) is 5.56 Å². The third kappa shape index (κ3) is 4.70. The number of phenolic OH excluding ortho intramolecular Hbond substituents is 1. The molecule has 2 aromatic carbocycles. The number of carbonyl (C=O) groups excluding carboxylic acids is 1. The summed E-state index contributed by atoms with van der Waals surface area (Å²) >= 11 is 6.09. The van der Waals surface area contributed by atoms with E-state index in [2.05, 4.69) is 10.3 Å². The number of amides is 1. The highest BCUT2D eigenvalue weighted by molar-refractivity contribution is 6.31. The van der Waals surface area contributed by atoms with Gasteiger partial charge in [0.15, 0.2) is 0 Å². The summed E-state index contributed by atoms with van der Waals surface area (Å²) in [6.07, 6.45) is 0.347. The highest BCUT2D eigenvalue weighted by atomic mass is 35.5. The van der Waals surface area contributed by atoms with Crippen LogP contribution in [0.1, 0.15) is 26.0 Å². The maximum absolute atomic E-state index is 12.9. The summed E-state index contributed by atoms with van der Waals surface area (Å²) in [5.41, 5.74) is 2.12. The molecule has 3 rings (SSSR count). The molecule has 0 bridgehead atoms. The summed E-state index contributed by atoms with van der Waals surface area (Å²) in [6.45, 7) is 4.64. The van der Waals surface area contributed by atoms with Crippen molar-refractivity contribution in [1.82, 2.24) is 9.55 Å². The van der Waals surface area contributed by atoms with E-state index in [1.807, 2.05) is 13.8 Å². The number of rotatable bonds is 6. The van der Waals surface area contributed by atoms with Gasteiger partial charge in [0, 0.05) is 30.1 Å². The van der Waals surface area contributed by atoms with Crippen LogP contribution in [0.3, 0.4) is 0 Å². The van der Waals surface area contributed by atoms with Crippen molar-refractivity contribution in [3.63, 3.8) is 0 Å². The highest BCUT2D eigenvalue weighted by Crippen LogP contribution is 2.18. The average molecular weight is 400 g/mol. The zero-order valence-electron chi connectivity index (χ0n) is 15.8. The molecule has 28 heavy (non-hydrogen) atoms. The van der Waals surface area contributed by atoms with Gasteiger partial charge >= 0.3 is 0 Å². The molecule has 3 aromatic rings. The van der Waals surface area contributed by atoms with Crippen molar-refractivity contribution in [2.75, 3.05) is 5.32 Å². The lowest BCUT2D eigenvalue weighted by atomic mass is 10.1. The van der Waals surface area contributed by atoms with E-state index in [-0.39, 0.29) is 36.0 Å². The van der Waals surface area contributed by atoms with E-state index in [4.69, 9.17) is 11.6 Å². The minimum Gasteiger partial charge on any atom is -0.508 e. The topological polar surface area (TPSA) is 84.2 Å². The predicted molar refractivity (Wildman–Crippen MR) is 111 cm³/mol. The first kappa shape index (κ1) is 19.9. The highest BCUT2D eigenvalue weighted by Gasteiger charge is 2.14. The summed E-state index contributed by atoms with van der Waals surface area (Å²) in [5.74, 6) is 0.181. The number of hydrogen-bond acceptors (Lipinski definition) is 4. The maximum Gasteiger partial charge on any atom is 0.272 e. The second kappa shape index (κ2) is 8.44. The number of aromatic nitrogens is 2. The lowest BCUT2D eigenvalue weighted by Crippen LogP contribution is -2.28. The first-order valence-corrected chi connectivity index (χ1v) is 9.49. The minimum atomic E-state index is -0.228. The molecule has 0 radical (unpaired) electrons. The van der Waals surface area contributed by atoms with Crippen LogP contribution in [0.25, 0.3) is 11.0 Å². The zero-order valence-corrected chi connectivity index (χ0v) is 16.5. The van der Waals surface area contributed by atoms with E-state index in [0.29, 0.717) is 28.5 Å². The van der Waals surface area contributed by atoms with Crippen LogP contribution in [-0.4, -0.2) is 20.6 Å². The Labute approximate surface area is 167 Å². The molecular weight excluding hydrogens is 378 g/mol. The van der Waals surface area contributed by atoms with Gasteiger partial charge in [0.2, 0.25) is 5.91 Å². The number of anilines is 1. The Bertz CT molecular complexity index is 1060. The van der Waals surface area contributed by atoms with E-state index in [1.54, 1.807) is 34.9 Å². The SMILES string of the molecule is CC(C)Cn1c(=O)c(CCC(=O)Nc2ccc(O)cc2)nc2cc(Cl)ccc21. The van der Waals surface area contributed by atoms with Crippen molar-refractivity contribution >= 4 is 34.2 Å². The molecule has 7 heteroatoms. The molecule has 1 aromatic heterocycles. The molecule has 0 unspecified atom stereocenters. The van der Waals surface area contributed by atoms with Gasteiger partial charge in [-0.3, -0.25) is 9.59 Å². The molecule has 0 atom stereocenters. The van der Waals surface area contributed by atoms with Crippen molar-refractivity contribution in [1.29, 1.82) is 0 Å². The standard InChI is InChI=1S/C21H22ClN3O3/c1-13(2)12-25-19-9-3-14(22)11-18(19)24-17(21(25)28)8-10-20(27)23-15-4-6-16(26)7-5-15/h3-7,9,11,13,26H,8,10,12H2,1-2H3,(H,23,27). The number of hydrogen-bond donors (Lipinski definition) is 2. The van der Waals surface area contributed by atoms with Gasteiger partial charge in [-0.15, -0.1) is 0 Å². The molecule has 2 N–H and O–H groups in total. The van der Waals surface area contributed by atoms with Crippen molar-refractivity contribution in [3.8, 4) is 5.75 Å². The van der Waals surface area contributed by atoms with Crippen LogP contribution in [0.15, 0.2) is 47.3 Å². The number of phenols is 1. The number of aromatic hydroxyl groups is 1. The van der Waals surface area contributed by atoms with Crippen molar-refractivity contribution in [2.45, 2.75) is 33.2 Å². The zero-order chi connectivity index (χ0) is 20.3. The summed E-state index contributed by atoms with van der Waals surface area (Å²) in [4.78, 5) is 29.6. The van der Waals surface area contributed by atoms with Crippen LogP contribution in [0.4, 0.5) is 5.69 Å². The molecule has 0 saturated carbocycles. The molecule has 6 nitrogen and oxygen atoms in total. The normalized spacial score (nSPS) is 11.1. The van der Waals surface area contributed by atoms with E-state index >= 15 is 0 Å². The van der Waals surface area contributed by atoms with Crippen LogP contribution in [0.2, 0.25) is 5.02 Å². The molecule has 1 heterocycles. The van der Waals surface area contributed by atoms with Crippen molar-refractivity contribution in [3.05, 3.63) is 63.5 Å². The Morgan fingerprint density at radius 2 is 1.93 bits per heavy atom. The summed E-state index contributed by atoms with van der Waals surface area (Å²) < 4.78 is 1.70. The maximum atomic E-state index is 12.9. The number of halogens is 1. The van der Waals surface area contributed by atoms with Gasteiger partial charge in [-0.1, -0.05) is 25.4 Å². The van der Waals surface area contributed by atoms with Crippen LogP contribution in [0, 0.1) is 5.92 Å². The number of carbonyl (C=O) groups is 1. The number of nitrogens with one attached hydrogen (secondary N) is 1. The molecule has 0 aliphatic heterocycles. The lowest BCUT2D eigenvalue weighted by molar-refractivity contribution is -0.116. The van der Waals surface area contributed by atoms with Crippen molar-refractivity contribution in [2.24, 2.45) is 5.92 Å². The van der Waals surface area contributed by atoms with Gasteiger partial charge in [0.05, 0.1) is 11.0 Å². The monoisotopic (exact) mass is 399 g/mol. The summed E-state index contributed by atoms with van der Waals surface area (Å²) in [6, 6.07) is 11.5. The predicted octanol–water partition coefficient (Wildman–Crippen LogP) is 3.98. The molecule has 146 valence electrons. The third-order valence-electron chi connectivity index (χ3n) is 4.26. The molecule has 0 aliphatic rings. The number of nitrogens with zero attached hydrogens (tertiary/aromatic N) is 2. The van der Waals surface area contributed by atoms with Gasteiger partial charge in [0.1, 0.15) is 11.4 Å². The van der Waals surface area contributed by atoms with Crippen LogP contribution in [0.5, 0.6) is 5.75 Å². The first-order chi connectivity index (χ1) is 13.3. The molecule has 1 amide bonds. The first-order valence-electron chi connectivity index (χ1n) is 9.11. The molecular formula is C21H22ClN3O3. The quantitative estimate of drug-likeness (QED) is 0.614. The second-order valence-electron chi connectivity index (χ2n) is 7.10. The van der Waals surface area contributed by atoms with Gasteiger partial charge in [-0.25, -0.2) is 4.98 Å². The summed E-state index contributed by atoms with van der Waals surface area (Å²) in [7, 11) is 0. The van der Waals surface area contributed by atoms with Gasteiger partial charge < -0.3 is 15.0 Å². The van der Waals surface area contributed by atoms with E-state index in [1.165, 1.54) is 12.1 Å². The molecule has 0 spiro atoms. The fourth-order valence-electron chi connectivity index (χ4n) is 2.98. The van der Waals surface area contributed by atoms with E-state index < -0.39 is 0 Å². The average Bonchev–Trinajstić information content (AvgIpc) is 2.64. The molecule has 0 aliphatic carbocycles.